The molecule has 5 rings (SSSR count). The lowest BCUT2D eigenvalue weighted by Gasteiger charge is -2.21. The molecule has 3 aromatic carbocycles. The average molecular weight is 531 g/mol. The molecule has 1 aliphatic rings. The van der Waals surface area contributed by atoms with E-state index in [1.54, 1.807) is 17.3 Å². The number of amides is 2. The first-order chi connectivity index (χ1) is 17.0. The molecule has 2 amide bonds. The van der Waals surface area contributed by atoms with Crippen molar-refractivity contribution in [1.29, 1.82) is 0 Å². The van der Waals surface area contributed by atoms with Crippen molar-refractivity contribution in [3.8, 4) is 16.9 Å². The number of urea groups is 1. The number of carbonyl (C=O) groups excluding carboxylic acids is 1. The molecular weight excluding hydrogens is 504 g/mol. The van der Waals surface area contributed by atoms with Gasteiger partial charge in [-0.3, -0.25) is 9.88 Å². The predicted octanol–water partition coefficient (Wildman–Crippen LogP) is 6.20. The summed E-state index contributed by atoms with van der Waals surface area (Å²) in [4.78, 5) is 21.4. The quantitative estimate of drug-likeness (QED) is 0.322. The maximum absolute atomic E-state index is 13.4. The van der Waals surface area contributed by atoms with E-state index in [9.17, 15) is 4.79 Å². The molecule has 0 saturated heterocycles. The molecule has 4 aromatic rings. The molecule has 2 heterocycles. The Bertz CT molecular complexity index is 1370. The molecule has 35 heavy (non-hydrogen) atoms. The van der Waals surface area contributed by atoms with Crippen molar-refractivity contribution < 1.29 is 9.53 Å². The van der Waals surface area contributed by atoms with Crippen molar-refractivity contribution in [3.05, 3.63) is 83.1 Å². The fraction of sp³-hybridized carbons (Fsp3) is 0.214. The molecule has 0 fully saturated rings. The molecule has 1 aliphatic heterocycles. The monoisotopic (exact) mass is 530 g/mol. The Morgan fingerprint density at radius 2 is 1.86 bits per heavy atom. The van der Waals surface area contributed by atoms with Gasteiger partial charge in [-0.15, -0.1) is 0 Å². The van der Waals surface area contributed by atoms with Crippen LogP contribution in [-0.2, 0) is 6.42 Å². The summed E-state index contributed by atoms with van der Waals surface area (Å²) in [6.45, 7) is 2.02. The van der Waals surface area contributed by atoms with E-state index in [-0.39, 0.29) is 6.03 Å². The van der Waals surface area contributed by atoms with Gasteiger partial charge in [0.2, 0.25) is 0 Å². The summed E-state index contributed by atoms with van der Waals surface area (Å²) >= 11 is 3.62. The number of hydrogen-bond donors (Lipinski definition) is 1. The highest BCUT2D eigenvalue weighted by Crippen LogP contribution is 2.38. The maximum atomic E-state index is 13.4. The number of anilines is 2. The average Bonchev–Trinajstić information content (AvgIpc) is 3.27. The Hall–Kier alpha value is -3.42. The van der Waals surface area contributed by atoms with Crippen LogP contribution in [0.3, 0.4) is 0 Å². The van der Waals surface area contributed by atoms with Crippen LogP contribution in [0, 0.1) is 0 Å². The van der Waals surface area contributed by atoms with Crippen LogP contribution in [0.25, 0.3) is 21.9 Å². The number of aromatic nitrogens is 1. The van der Waals surface area contributed by atoms with Crippen LogP contribution >= 0.6 is 15.9 Å². The molecule has 0 unspecified atom stereocenters. The summed E-state index contributed by atoms with van der Waals surface area (Å²) in [7, 11) is 4.03. The van der Waals surface area contributed by atoms with Crippen molar-refractivity contribution in [2.24, 2.45) is 0 Å². The van der Waals surface area contributed by atoms with E-state index in [1.165, 1.54) is 0 Å². The van der Waals surface area contributed by atoms with Crippen molar-refractivity contribution >= 4 is 44.1 Å². The van der Waals surface area contributed by atoms with Crippen molar-refractivity contribution in [2.75, 3.05) is 44.0 Å². The van der Waals surface area contributed by atoms with Gasteiger partial charge in [0.25, 0.3) is 0 Å². The second kappa shape index (κ2) is 10.1. The minimum absolute atomic E-state index is 0.146. The lowest BCUT2D eigenvalue weighted by Crippen LogP contribution is -2.33. The largest absolute Gasteiger partial charge is 0.491 e. The number of ether oxygens (including phenoxy) is 1. The Labute approximate surface area is 213 Å². The number of likely N-dealkylation sites (N-methyl/N-ethyl adjacent to an activating group) is 1. The zero-order chi connectivity index (χ0) is 24.4. The van der Waals surface area contributed by atoms with E-state index in [0.717, 1.165) is 62.0 Å². The maximum Gasteiger partial charge on any atom is 0.326 e. The Balaban J connectivity index is 1.41. The van der Waals surface area contributed by atoms with E-state index in [2.05, 4.69) is 49.3 Å². The number of benzene rings is 3. The Morgan fingerprint density at radius 1 is 1.09 bits per heavy atom. The van der Waals surface area contributed by atoms with Crippen LogP contribution in [-0.4, -0.2) is 49.7 Å². The number of carbonyl (C=O) groups is 1. The van der Waals surface area contributed by atoms with Gasteiger partial charge in [0.05, 0.1) is 15.8 Å². The highest BCUT2D eigenvalue weighted by molar-refractivity contribution is 9.10. The summed E-state index contributed by atoms with van der Waals surface area (Å²) in [5, 5.41) is 5.23. The third kappa shape index (κ3) is 4.88. The number of halogens is 1. The third-order valence-corrected chi connectivity index (χ3v) is 6.85. The van der Waals surface area contributed by atoms with Crippen LogP contribution in [0.15, 0.2) is 77.5 Å². The summed E-state index contributed by atoms with van der Waals surface area (Å²) in [6.07, 6.45) is 4.39. The fourth-order valence-electron chi connectivity index (χ4n) is 4.42. The summed E-state index contributed by atoms with van der Waals surface area (Å²) in [6, 6.07) is 20.0. The fourth-order valence-corrected chi connectivity index (χ4v) is 4.93. The van der Waals surface area contributed by atoms with Crippen LogP contribution in [0.5, 0.6) is 5.75 Å². The van der Waals surface area contributed by atoms with Gasteiger partial charge in [0.15, 0.2) is 0 Å². The minimum Gasteiger partial charge on any atom is -0.491 e. The van der Waals surface area contributed by atoms with E-state index < -0.39 is 0 Å². The molecule has 0 spiro atoms. The molecule has 178 valence electrons. The highest BCUT2D eigenvalue weighted by Gasteiger charge is 2.27. The van der Waals surface area contributed by atoms with Crippen LogP contribution in [0.1, 0.15) is 5.56 Å². The molecule has 0 atom stereocenters. The first-order valence-corrected chi connectivity index (χ1v) is 12.4. The number of rotatable bonds is 6. The lowest BCUT2D eigenvalue weighted by atomic mass is 9.98. The van der Waals surface area contributed by atoms with Gasteiger partial charge in [-0.2, -0.15) is 0 Å². The molecular formula is C28H27BrN4O2. The summed E-state index contributed by atoms with van der Waals surface area (Å²) < 4.78 is 6.89. The number of nitrogens with zero attached hydrogens (tertiary/aromatic N) is 3. The van der Waals surface area contributed by atoms with Crippen molar-refractivity contribution in [3.63, 3.8) is 0 Å². The van der Waals surface area contributed by atoms with E-state index >= 15 is 0 Å². The zero-order valence-corrected chi connectivity index (χ0v) is 21.4. The number of pyridine rings is 1. The van der Waals surface area contributed by atoms with Gasteiger partial charge in [-0.25, -0.2) is 4.79 Å². The Kier molecular flexibility index (Phi) is 6.70. The molecule has 7 heteroatoms. The van der Waals surface area contributed by atoms with E-state index in [4.69, 9.17) is 4.74 Å². The van der Waals surface area contributed by atoms with Crippen molar-refractivity contribution in [2.45, 2.75) is 6.42 Å². The topological polar surface area (TPSA) is 57.7 Å². The van der Waals surface area contributed by atoms with Crippen molar-refractivity contribution in [1.82, 2.24) is 9.88 Å². The summed E-state index contributed by atoms with van der Waals surface area (Å²) in [5.41, 5.74) is 5.01. The SMILES string of the molecule is CN(C)CCOc1cc2c(cc1Br)CCN2C(=O)Nc1ccc(-c2ccncc2)c2ccccc12. The molecule has 6 nitrogen and oxygen atoms in total. The number of nitrogens with one attached hydrogen (secondary N) is 1. The zero-order valence-electron chi connectivity index (χ0n) is 19.8. The molecule has 1 aromatic heterocycles. The summed E-state index contributed by atoms with van der Waals surface area (Å²) in [5.74, 6) is 0.748. The second-order valence-electron chi connectivity index (χ2n) is 8.84. The highest BCUT2D eigenvalue weighted by atomic mass is 79.9. The molecule has 0 bridgehead atoms. The molecule has 1 N–H and O–H groups in total. The molecule has 0 saturated carbocycles. The van der Waals surface area contributed by atoms with Gasteiger partial charge in [0.1, 0.15) is 12.4 Å². The van der Waals surface area contributed by atoms with Gasteiger partial charge in [0, 0.05) is 36.9 Å². The molecule has 0 radical (unpaired) electrons. The third-order valence-electron chi connectivity index (χ3n) is 6.23. The van der Waals surface area contributed by atoms with Crippen LogP contribution < -0.4 is 15.0 Å². The normalized spacial score (nSPS) is 12.7. The molecule has 0 aliphatic carbocycles. The van der Waals surface area contributed by atoms with Gasteiger partial charge < -0.3 is 15.0 Å². The predicted molar refractivity (Wildman–Crippen MR) is 145 cm³/mol. The number of fused-ring (bicyclic) bond motifs is 2. The van der Waals surface area contributed by atoms with Gasteiger partial charge >= 0.3 is 6.03 Å². The van der Waals surface area contributed by atoms with Gasteiger partial charge in [-0.05, 0) is 82.8 Å². The van der Waals surface area contributed by atoms with E-state index in [0.29, 0.717) is 13.2 Å². The lowest BCUT2D eigenvalue weighted by molar-refractivity contribution is 0.257. The standard InChI is InChI=1S/C28H27BrN4O2/c1-32(2)15-16-35-27-18-26-20(17-24(27)29)11-14-33(26)28(34)31-25-8-7-21(19-9-12-30-13-10-19)22-5-3-4-6-23(22)25/h3-10,12-13,17-18H,11,14-16H2,1-2H3,(H,31,34). The number of hydrogen-bond acceptors (Lipinski definition) is 4. The smallest absolute Gasteiger partial charge is 0.326 e. The Morgan fingerprint density at radius 3 is 2.63 bits per heavy atom. The van der Waals surface area contributed by atoms with Gasteiger partial charge in [-0.1, -0.05) is 30.3 Å². The minimum atomic E-state index is -0.146. The van der Waals surface area contributed by atoms with Crippen LogP contribution in [0.4, 0.5) is 16.2 Å². The van der Waals surface area contributed by atoms with Crippen LogP contribution in [0.2, 0.25) is 0 Å². The first-order valence-electron chi connectivity index (χ1n) is 11.6. The second-order valence-corrected chi connectivity index (χ2v) is 9.69. The van der Waals surface area contributed by atoms with E-state index in [1.807, 2.05) is 56.6 Å². The first kappa shape index (κ1) is 23.3.